The van der Waals surface area contributed by atoms with Crippen molar-refractivity contribution in [2.75, 3.05) is 39.0 Å². The SMILES string of the molecule is COc1cc(N)c(Cl)cc1C(=O)N1CCN(C2CCC2)CC1. The number of benzene rings is 1. The number of nitrogen functional groups attached to an aromatic ring is 1. The minimum atomic E-state index is -0.0352. The molecule has 0 unspecified atom stereocenters. The van der Waals surface area contributed by atoms with Gasteiger partial charge in [0.25, 0.3) is 5.91 Å². The molecule has 22 heavy (non-hydrogen) atoms. The van der Waals surface area contributed by atoms with Gasteiger partial charge in [0.2, 0.25) is 0 Å². The summed E-state index contributed by atoms with van der Waals surface area (Å²) in [5.41, 5.74) is 6.68. The minimum Gasteiger partial charge on any atom is -0.496 e. The molecule has 5 nitrogen and oxygen atoms in total. The van der Waals surface area contributed by atoms with Crippen LogP contribution in [0.3, 0.4) is 0 Å². The first kappa shape index (κ1) is 15.4. The molecule has 0 atom stereocenters. The lowest BCUT2D eigenvalue weighted by Crippen LogP contribution is -2.53. The molecular formula is C16H22ClN3O2. The van der Waals surface area contributed by atoms with Crippen LogP contribution in [0.25, 0.3) is 0 Å². The number of piperazine rings is 1. The van der Waals surface area contributed by atoms with E-state index in [2.05, 4.69) is 4.90 Å². The van der Waals surface area contributed by atoms with Gasteiger partial charge in [-0.05, 0) is 18.9 Å². The number of rotatable bonds is 3. The number of halogens is 1. The summed E-state index contributed by atoms with van der Waals surface area (Å²) in [6, 6.07) is 3.95. The molecule has 1 heterocycles. The molecule has 0 bridgehead atoms. The number of methoxy groups -OCH3 is 1. The molecule has 3 rings (SSSR count). The Morgan fingerprint density at radius 2 is 1.95 bits per heavy atom. The zero-order valence-electron chi connectivity index (χ0n) is 12.8. The molecule has 1 amide bonds. The van der Waals surface area contributed by atoms with Gasteiger partial charge in [0.05, 0.1) is 23.4 Å². The van der Waals surface area contributed by atoms with Crippen LogP contribution in [0.1, 0.15) is 29.6 Å². The number of nitrogens with two attached hydrogens (primary N) is 1. The maximum absolute atomic E-state index is 12.7. The highest BCUT2D eigenvalue weighted by Gasteiger charge is 2.30. The van der Waals surface area contributed by atoms with E-state index in [4.69, 9.17) is 22.1 Å². The van der Waals surface area contributed by atoms with Crippen molar-refractivity contribution in [1.29, 1.82) is 0 Å². The van der Waals surface area contributed by atoms with Gasteiger partial charge in [-0.25, -0.2) is 0 Å². The van der Waals surface area contributed by atoms with E-state index in [0.29, 0.717) is 22.0 Å². The number of hydrogen-bond acceptors (Lipinski definition) is 4. The summed E-state index contributed by atoms with van der Waals surface area (Å²) in [5, 5.41) is 0.386. The van der Waals surface area contributed by atoms with Gasteiger partial charge in [0, 0.05) is 38.3 Å². The van der Waals surface area contributed by atoms with Crippen molar-refractivity contribution in [2.45, 2.75) is 25.3 Å². The molecule has 1 aliphatic heterocycles. The molecule has 1 aliphatic carbocycles. The van der Waals surface area contributed by atoms with Crippen LogP contribution in [0, 0.1) is 0 Å². The number of hydrogen-bond donors (Lipinski definition) is 1. The van der Waals surface area contributed by atoms with Crippen molar-refractivity contribution in [3.05, 3.63) is 22.7 Å². The second kappa shape index (κ2) is 6.34. The molecule has 2 fully saturated rings. The predicted octanol–water partition coefficient (Wildman–Crippen LogP) is 2.24. The maximum atomic E-state index is 12.7. The normalized spacial score (nSPS) is 19.8. The standard InChI is InChI=1S/C16H22ClN3O2/c1-22-15-10-14(18)13(17)9-12(15)16(21)20-7-5-19(6-8-20)11-3-2-4-11/h9-11H,2-8,18H2,1H3. The fraction of sp³-hybridized carbons (Fsp3) is 0.562. The molecule has 120 valence electrons. The van der Waals surface area contributed by atoms with Crippen LogP contribution in [0.4, 0.5) is 5.69 Å². The Labute approximate surface area is 136 Å². The number of anilines is 1. The molecule has 1 aromatic rings. The van der Waals surface area contributed by atoms with Crippen molar-refractivity contribution in [3.8, 4) is 5.75 Å². The molecule has 1 aromatic carbocycles. The fourth-order valence-electron chi connectivity index (χ4n) is 3.12. The average molecular weight is 324 g/mol. The Kier molecular flexibility index (Phi) is 4.45. The zero-order valence-corrected chi connectivity index (χ0v) is 13.6. The van der Waals surface area contributed by atoms with E-state index in [-0.39, 0.29) is 5.91 Å². The van der Waals surface area contributed by atoms with E-state index < -0.39 is 0 Å². The number of nitrogens with zero attached hydrogens (tertiary/aromatic N) is 2. The second-order valence-corrected chi connectivity index (χ2v) is 6.39. The quantitative estimate of drug-likeness (QED) is 0.867. The molecule has 2 aliphatic rings. The van der Waals surface area contributed by atoms with Crippen molar-refractivity contribution in [3.63, 3.8) is 0 Å². The summed E-state index contributed by atoms with van der Waals surface area (Å²) in [4.78, 5) is 17.1. The second-order valence-electron chi connectivity index (χ2n) is 5.99. The van der Waals surface area contributed by atoms with Crippen molar-refractivity contribution >= 4 is 23.2 Å². The first-order valence-corrected chi connectivity index (χ1v) is 8.14. The monoisotopic (exact) mass is 323 g/mol. The lowest BCUT2D eigenvalue weighted by Gasteiger charge is -2.43. The first-order valence-electron chi connectivity index (χ1n) is 7.76. The largest absolute Gasteiger partial charge is 0.496 e. The third kappa shape index (κ3) is 2.88. The summed E-state index contributed by atoms with van der Waals surface area (Å²) in [6.45, 7) is 3.39. The molecular weight excluding hydrogens is 302 g/mol. The van der Waals surface area contributed by atoms with E-state index in [1.807, 2.05) is 4.90 Å². The van der Waals surface area contributed by atoms with E-state index in [0.717, 1.165) is 32.2 Å². The fourth-order valence-corrected chi connectivity index (χ4v) is 3.28. The topological polar surface area (TPSA) is 58.8 Å². The lowest BCUT2D eigenvalue weighted by molar-refractivity contribution is 0.0453. The van der Waals surface area contributed by atoms with Crippen LogP contribution in [-0.4, -0.2) is 55.0 Å². The Morgan fingerprint density at radius 1 is 1.27 bits per heavy atom. The number of amides is 1. The van der Waals surface area contributed by atoms with Gasteiger partial charge < -0.3 is 15.4 Å². The molecule has 0 aromatic heterocycles. The number of ether oxygens (including phenoxy) is 1. The van der Waals surface area contributed by atoms with Gasteiger partial charge in [-0.2, -0.15) is 0 Å². The van der Waals surface area contributed by atoms with E-state index >= 15 is 0 Å². The Hall–Kier alpha value is -1.46. The highest BCUT2D eigenvalue weighted by Crippen LogP contribution is 2.30. The van der Waals surface area contributed by atoms with Gasteiger partial charge in [-0.15, -0.1) is 0 Å². The third-order valence-electron chi connectivity index (χ3n) is 4.74. The number of carbonyl (C=O) groups excluding carboxylic acids is 1. The van der Waals surface area contributed by atoms with Gasteiger partial charge >= 0.3 is 0 Å². The highest BCUT2D eigenvalue weighted by atomic mass is 35.5. The predicted molar refractivity (Wildman–Crippen MR) is 87.5 cm³/mol. The van der Waals surface area contributed by atoms with Gasteiger partial charge in [-0.3, -0.25) is 9.69 Å². The zero-order chi connectivity index (χ0) is 15.7. The van der Waals surface area contributed by atoms with Crippen molar-refractivity contribution in [2.24, 2.45) is 0 Å². The van der Waals surface area contributed by atoms with Crippen LogP contribution < -0.4 is 10.5 Å². The molecule has 0 spiro atoms. The summed E-state index contributed by atoms with van der Waals surface area (Å²) in [5.74, 6) is 0.445. The van der Waals surface area contributed by atoms with Crippen LogP contribution in [0.15, 0.2) is 12.1 Å². The van der Waals surface area contributed by atoms with Crippen LogP contribution >= 0.6 is 11.6 Å². The average Bonchev–Trinajstić information content (AvgIpc) is 2.48. The highest BCUT2D eigenvalue weighted by molar-refractivity contribution is 6.33. The summed E-state index contributed by atoms with van der Waals surface area (Å²) >= 11 is 6.06. The van der Waals surface area contributed by atoms with Gasteiger partial charge in [0.1, 0.15) is 5.75 Å². The lowest BCUT2D eigenvalue weighted by atomic mass is 9.91. The van der Waals surface area contributed by atoms with Gasteiger partial charge in [-0.1, -0.05) is 18.0 Å². The third-order valence-corrected chi connectivity index (χ3v) is 5.07. The van der Waals surface area contributed by atoms with Crippen LogP contribution in [-0.2, 0) is 0 Å². The Morgan fingerprint density at radius 3 is 2.50 bits per heavy atom. The Bertz CT molecular complexity index is 567. The molecule has 1 saturated carbocycles. The first-order chi connectivity index (χ1) is 10.6. The van der Waals surface area contributed by atoms with Crippen molar-refractivity contribution in [1.82, 2.24) is 9.80 Å². The Balaban J connectivity index is 1.70. The molecule has 2 N–H and O–H groups in total. The summed E-state index contributed by atoms with van der Waals surface area (Å²) in [7, 11) is 1.54. The smallest absolute Gasteiger partial charge is 0.257 e. The molecule has 0 radical (unpaired) electrons. The molecule has 1 saturated heterocycles. The maximum Gasteiger partial charge on any atom is 0.257 e. The van der Waals surface area contributed by atoms with E-state index in [1.54, 1.807) is 12.1 Å². The van der Waals surface area contributed by atoms with Crippen LogP contribution in [0.2, 0.25) is 5.02 Å². The number of carbonyl (C=O) groups is 1. The summed E-state index contributed by atoms with van der Waals surface area (Å²) in [6.07, 6.45) is 3.94. The molecule has 6 heteroatoms. The van der Waals surface area contributed by atoms with Crippen molar-refractivity contribution < 1.29 is 9.53 Å². The van der Waals surface area contributed by atoms with E-state index in [1.165, 1.54) is 26.4 Å². The van der Waals surface area contributed by atoms with Gasteiger partial charge in [0.15, 0.2) is 0 Å². The van der Waals surface area contributed by atoms with E-state index in [9.17, 15) is 4.79 Å². The van der Waals surface area contributed by atoms with Crippen LogP contribution in [0.5, 0.6) is 5.75 Å². The summed E-state index contributed by atoms with van der Waals surface area (Å²) < 4.78 is 5.28. The minimum absolute atomic E-state index is 0.0352.